The van der Waals surface area contributed by atoms with Crippen LogP contribution in [-0.2, 0) is 9.47 Å². The highest BCUT2D eigenvalue weighted by Crippen LogP contribution is 2.42. The lowest BCUT2D eigenvalue weighted by molar-refractivity contribution is -0.299. The predicted molar refractivity (Wildman–Crippen MR) is 96.6 cm³/mol. The summed E-state index contributed by atoms with van der Waals surface area (Å²) < 4.78 is 11.3. The summed E-state index contributed by atoms with van der Waals surface area (Å²) >= 11 is 0. The van der Waals surface area contributed by atoms with Crippen LogP contribution in [0.2, 0.25) is 0 Å². The van der Waals surface area contributed by atoms with Gasteiger partial charge in [-0.15, -0.1) is 0 Å². The standard InChI is InChI=1S/C19H33N3O4/c1-3-25-18(2,24)22-14-5-6-15(22)12-16(11-14)21-9-4-7-19(8-10-21)13-20-17(23)26-19/h14-16,24H,3-13H2,1-2H3,(H,20,23). The van der Waals surface area contributed by atoms with Gasteiger partial charge in [-0.1, -0.05) is 0 Å². The normalized spacial score (nSPS) is 40.9. The molecule has 4 aliphatic rings. The average molecular weight is 367 g/mol. The Labute approximate surface area is 156 Å². The Morgan fingerprint density at radius 1 is 1.27 bits per heavy atom. The van der Waals surface area contributed by atoms with Crippen LogP contribution in [0.5, 0.6) is 0 Å². The maximum absolute atomic E-state index is 11.5. The number of fused-ring (bicyclic) bond motifs is 2. The van der Waals surface area contributed by atoms with Gasteiger partial charge in [0.25, 0.3) is 0 Å². The molecule has 4 saturated heterocycles. The number of carbonyl (C=O) groups excluding carboxylic acids is 1. The first-order valence-electron chi connectivity index (χ1n) is 10.3. The van der Waals surface area contributed by atoms with E-state index in [1.54, 1.807) is 6.92 Å². The zero-order valence-corrected chi connectivity index (χ0v) is 16.1. The number of amides is 1. The van der Waals surface area contributed by atoms with Gasteiger partial charge < -0.3 is 24.8 Å². The molecule has 4 atom stereocenters. The highest BCUT2D eigenvalue weighted by atomic mass is 16.6. The molecule has 1 amide bonds. The first-order chi connectivity index (χ1) is 12.4. The number of alkyl carbamates (subject to hydrolysis) is 1. The fourth-order valence-electron chi connectivity index (χ4n) is 5.81. The summed E-state index contributed by atoms with van der Waals surface area (Å²) in [6, 6.07) is 1.34. The van der Waals surface area contributed by atoms with Crippen LogP contribution in [0.4, 0.5) is 4.79 Å². The third-order valence-electron chi connectivity index (χ3n) is 6.92. The lowest BCUT2D eigenvalue weighted by atomic mass is 9.94. The largest absolute Gasteiger partial charge is 0.441 e. The van der Waals surface area contributed by atoms with Gasteiger partial charge in [0.1, 0.15) is 5.60 Å². The number of carbonyl (C=O) groups is 1. The van der Waals surface area contributed by atoms with Crippen LogP contribution in [0, 0.1) is 0 Å². The zero-order valence-electron chi connectivity index (χ0n) is 16.1. The second-order valence-electron chi connectivity index (χ2n) is 8.60. The first kappa shape index (κ1) is 18.5. The maximum Gasteiger partial charge on any atom is 0.407 e. The van der Waals surface area contributed by atoms with Gasteiger partial charge >= 0.3 is 6.09 Å². The van der Waals surface area contributed by atoms with Crippen LogP contribution >= 0.6 is 0 Å². The minimum absolute atomic E-state index is 0.261. The second kappa shape index (κ2) is 6.93. The van der Waals surface area contributed by atoms with Crippen molar-refractivity contribution in [1.29, 1.82) is 0 Å². The van der Waals surface area contributed by atoms with Gasteiger partial charge in [-0.25, -0.2) is 9.69 Å². The number of aliphatic hydroxyl groups is 1. The summed E-state index contributed by atoms with van der Waals surface area (Å²) in [5.41, 5.74) is -0.288. The van der Waals surface area contributed by atoms with E-state index in [0.29, 0.717) is 31.3 Å². The number of hydrogen-bond donors (Lipinski definition) is 2. The summed E-state index contributed by atoms with van der Waals surface area (Å²) in [6.45, 7) is 6.96. The van der Waals surface area contributed by atoms with Crippen molar-refractivity contribution in [2.24, 2.45) is 0 Å². The average Bonchev–Trinajstić information content (AvgIpc) is 2.99. The lowest BCUT2D eigenvalue weighted by Crippen LogP contribution is -2.60. The number of rotatable bonds is 4. The van der Waals surface area contributed by atoms with E-state index in [4.69, 9.17) is 9.47 Å². The van der Waals surface area contributed by atoms with E-state index in [0.717, 1.165) is 58.0 Å². The number of nitrogens with one attached hydrogen (secondary N) is 1. The minimum atomic E-state index is -1.15. The molecule has 1 spiro atoms. The number of nitrogens with zero attached hydrogens (tertiary/aromatic N) is 2. The molecule has 2 N–H and O–H groups in total. The van der Waals surface area contributed by atoms with Crippen molar-refractivity contribution in [3.05, 3.63) is 0 Å². The van der Waals surface area contributed by atoms with Crippen molar-refractivity contribution in [3.63, 3.8) is 0 Å². The number of ether oxygens (including phenoxy) is 2. The summed E-state index contributed by atoms with van der Waals surface area (Å²) in [7, 11) is 0. The van der Waals surface area contributed by atoms with Crippen molar-refractivity contribution in [3.8, 4) is 0 Å². The molecule has 4 rings (SSSR count). The molecule has 4 aliphatic heterocycles. The third kappa shape index (κ3) is 3.35. The van der Waals surface area contributed by atoms with E-state index < -0.39 is 5.91 Å². The Morgan fingerprint density at radius 3 is 2.62 bits per heavy atom. The van der Waals surface area contributed by atoms with Crippen LogP contribution in [0.3, 0.4) is 0 Å². The third-order valence-corrected chi connectivity index (χ3v) is 6.92. The van der Waals surface area contributed by atoms with Gasteiger partial charge in [0.05, 0.1) is 6.54 Å². The number of likely N-dealkylation sites (tertiary alicyclic amines) is 1. The maximum atomic E-state index is 11.5. The quantitative estimate of drug-likeness (QED) is 0.736. The molecular weight excluding hydrogens is 334 g/mol. The Kier molecular flexibility index (Phi) is 4.92. The molecule has 7 nitrogen and oxygen atoms in total. The Bertz CT molecular complexity index is 529. The summed E-state index contributed by atoms with van der Waals surface area (Å²) in [4.78, 5) is 16.3. The molecule has 148 valence electrons. The first-order valence-corrected chi connectivity index (χ1v) is 10.3. The molecule has 4 heterocycles. The van der Waals surface area contributed by atoms with Crippen LogP contribution in [0.1, 0.15) is 58.8 Å². The monoisotopic (exact) mass is 367 g/mol. The van der Waals surface area contributed by atoms with E-state index in [9.17, 15) is 9.90 Å². The molecule has 0 aliphatic carbocycles. The van der Waals surface area contributed by atoms with E-state index in [1.807, 2.05) is 6.92 Å². The topological polar surface area (TPSA) is 74.3 Å². The molecule has 0 aromatic heterocycles. The molecule has 0 aromatic carbocycles. The van der Waals surface area contributed by atoms with Gasteiger partial charge in [-0.2, -0.15) is 0 Å². The molecule has 0 aromatic rings. The predicted octanol–water partition coefficient (Wildman–Crippen LogP) is 1.65. The molecule has 4 unspecified atom stereocenters. The van der Waals surface area contributed by atoms with E-state index in [1.165, 1.54) is 0 Å². The molecule has 4 fully saturated rings. The molecule has 26 heavy (non-hydrogen) atoms. The van der Waals surface area contributed by atoms with Crippen molar-refractivity contribution in [2.45, 2.75) is 88.4 Å². The minimum Gasteiger partial charge on any atom is -0.441 e. The van der Waals surface area contributed by atoms with Crippen molar-refractivity contribution in [1.82, 2.24) is 15.1 Å². The molecule has 2 bridgehead atoms. The Hall–Kier alpha value is -0.890. The van der Waals surface area contributed by atoms with Crippen molar-refractivity contribution in [2.75, 3.05) is 26.2 Å². The van der Waals surface area contributed by atoms with Crippen molar-refractivity contribution < 1.29 is 19.4 Å². The van der Waals surface area contributed by atoms with Crippen LogP contribution in [-0.4, -0.2) is 76.9 Å². The fraction of sp³-hybridized carbons (Fsp3) is 0.947. The van der Waals surface area contributed by atoms with E-state index in [-0.39, 0.29) is 11.7 Å². The smallest absolute Gasteiger partial charge is 0.407 e. The fourth-order valence-corrected chi connectivity index (χ4v) is 5.81. The number of hydrogen-bond acceptors (Lipinski definition) is 6. The van der Waals surface area contributed by atoms with Gasteiger partial charge in [0.2, 0.25) is 5.91 Å². The van der Waals surface area contributed by atoms with Gasteiger partial charge in [0, 0.05) is 44.6 Å². The van der Waals surface area contributed by atoms with Gasteiger partial charge in [-0.3, -0.25) is 0 Å². The SMILES string of the molecule is CCOC(C)(O)N1C2CCC1CC(N1CCCC3(CC1)CNC(=O)O3)C2. The van der Waals surface area contributed by atoms with E-state index in [2.05, 4.69) is 15.1 Å². The van der Waals surface area contributed by atoms with E-state index >= 15 is 0 Å². The Morgan fingerprint density at radius 2 is 2.00 bits per heavy atom. The molecular formula is C19H33N3O4. The summed E-state index contributed by atoms with van der Waals surface area (Å²) in [5, 5.41) is 13.6. The van der Waals surface area contributed by atoms with Gasteiger partial charge in [0.15, 0.2) is 0 Å². The number of piperidine rings is 1. The van der Waals surface area contributed by atoms with Crippen LogP contribution < -0.4 is 5.32 Å². The summed E-state index contributed by atoms with van der Waals surface area (Å²) in [5.74, 6) is -1.15. The van der Waals surface area contributed by atoms with Gasteiger partial charge in [-0.05, 0) is 52.0 Å². The van der Waals surface area contributed by atoms with Crippen LogP contribution in [0.25, 0.3) is 0 Å². The Balaban J connectivity index is 1.39. The molecule has 0 saturated carbocycles. The second-order valence-corrected chi connectivity index (χ2v) is 8.60. The lowest BCUT2D eigenvalue weighted by Gasteiger charge is -2.48. The van der Waals surface area contributed by atoms with Crippen molar-refractivity contribution >= 4 is 6.09 Å². The highest BCUT2D eigenvalue weighted by Gasteiger charge is 2.50. The zero-order chi connectivity index (χ0) is 18.4. The summed E-state index contributed by atoms with van der Waals surface area (Å²) in [6.07, 6.45) is 7.14. The highest BCUT2D eigenvalue weighted by molar-refractivity contribution is 5.70. The molecule has 7 heteroatoms. The van der Waals surface area contributed by atoms with Crippen LogP contribution in [0.15, 0.2) is 0 Å². The molecule has 0 radical (unpaired) electrons.